The molecule has 0 aliphatic heterocycles. The van der Waals surface area contributed by atoms with Crippen molar-refractivity contribution in [1.82, 2.24) is 4.90 Å². The van der Waals surface area contributed by atoms with Crippen molar-refractivity contribution in [3.8, 4) is 23.0 Å². The van der Waals surface area contributed by atoms with E-state index in [0.29, 0.717) is 11.3 Å². The second kappa shape index (κ2) is 9.61. The van der Waals surface area contributed by atoms with Crippen LogP contribution < -0.4 is 5.73 Å². The predicted octanol–water partition coefficient (Wildman–Crippen LogP) is 1.37. The van der Waals surface area contributed by atoms with Crippen molar-refractivity contribution in [3.05, 3.63) is 47.5 Å². The molecule has 0 radical (unpaired) electrons. The first-order valence-electron chi connectivity index (χ1n) is 9.03. The fraction of sp³-hybridized carbons (Fsp3) is 0.250. The highest BCUT2D eigenvalue weighted by molar-refractivity contribution is 6.14. The van der Waals surface area contributed by atoms with Gasteiger partial charge in [0.2, 0.25) is 0 Å². The van der Waals surface area contributed by atoms with E-state index in [1.165, 1.54) is 12.1 Å². The molecular weight excluding hydrogens is 396 g/mol. The van der Waals surface area contributed by atoms with Gasteiger partial charge in [0.05, 0.1) is 11.1 Å². The molecule has 0 saturated heterocycles. The summed E-state index contributed by atoms with van der Waals surface area (Å²) >= 11 is 0. The molecule has 0 spiro atoms. The number of phenolic OH excluding ortho intramolecular Hbond substituents is 4. The van der Waals surface area contributed by atoms with Crippen molar-refractivity contribution in [2.45, 2.75) is 25.3 Å². The number of rotatable bonds is 8. The zero-order chi connectivity index (χ0) is 22.4. The molecule has 160 valence electrons. The Morgan fingerprint density at radius 2 is 1.30 bits per heavy atom. The number of amides is 2. The molecule has 1 atom stereocenters. The van der Waals surface area contributed by atoms with Gasteiger partial charge in [-0.1, -0.05) is 12.1 Å². The zero-order valence-electron chi connectivity index (χ0n) is 15.9. The molecule has 0 aliphatic rings. The molecule has 2 aromatic rings. The Labute approximate surface area is 171 Å². The average molecular weight is 418 g/mol. The van der Waals surface area contributed by atoms with Crippen LogP contribution in [0, 0.1) is 0 Å². The van der Waals surface area contributed by atoms with E-state index in [1.807, 2.05) is 0 Å². The minimum atomic E-state index is -1.65. The maximum absolute atomic E-state index is 13.1. The maximum atomic E-state index is 13.1. The van der Waals surface area contributed by atoms with Gasteiger partial charge in [0.15, 0.2) is 23.0 Å². The number of unbranched alkanes of at least 4 members (excludes halogenated alkanes) is 1. The Balaban J connectivity index is 2.59. The summed E-state index contributed by atoms with van der Waals surface area (Å²) in [4.78, 5) is 38.5. The number of imide groups is 1. The SMILES string of the molecule is NCCCC[C@@H](C(=O)O)N(C(=O)c1cccc(O)c1O)C(=O)c1cccc(O)c1O. The van der Waals surface area contributed by atoms with Gasteiger partial charge in [-0.05, 0) is 50.1 Å². The number of carbonyl (C=O) groups excluding carboxylic acids is 2. The number of hydrogen-bond acceptors (Lipinski definition) is 8. The molecule has 0 heterocycles. The minimum Gasteiger partial charge on any atom is -0.504 e. The van der Waals surface area contributed by atoms with Gasteiger partial charge in [-0.3, -0.25) is 14.5 Å². The third-order valence-corrected chi connectivity index (χ3v) is 4.46. The average Bonchev–Trinajstić information content (AvgIpc) is 2.70. The lowest BCUT2D eigenvalue weighted by Gasteiger charge is -2.28. The molecule has 10 nitrogen and oxygen atoms in total. The molecule has 0 aromatic heterocycles. The molecule has 0 unspecified atom stereocenters. The first-order chi connectivity index (χ1) is 14.2. The van der Waals surface area contributed by atoms with Crippen LogP contribution in [0.3, 0.4) is 0 Å². The highest BCUT2D eigenvalue weighted by Crippen LogP contribution is 2.33. The van der Waals surface area contributed by atoms with Crippen molar-refractivity contribution in [1.29, 1.82) is 0 Å². The van der Waals surface area contributed by atoms with Gasteiger partial charge in [0, 0.05) is 0 Å². The van der Waals surface area contributed by atoms with Gasteiger partial charge < -0.3 is 31.3 Å². The van der Waals surface area contributed by atoms with E-state index in [-0.39, 0.29) is 19.4 Å². The number of para-hydroxylation sites is 2. The fourth-order valence-electron chi connectivity index (χ4n) is 2.89. The third kappa shape index (κ3) is 4.61. The monoisotopic (exact) mass is 418 g/mol. The highest BCUT2D eigenvalue weighted by atomic mass is 16.4. The minimum absolute atomic E-state index is 0.136. The smallest absolute Gasteiger partial charge is 0.326 e. The highest BCUT2D eigenvalue weighted by Gasteiger charge is 2.38. The molecule has 0 bridgehead atoms. The van der Waals surface area contributed by atoms with Gasteiger partial charge in [-0.15, -0.1) is 0 Å². The van der Waals surface area contributed by atoms with Crippen LogP contribution in [0.25, 0.3) is 0 Å². The van der Waals surface area contributed by atoms with E-state index in [1.54, 1.807) is 0 Å². The fourth-order valence-corrected chi connectivity index (χ4v) is 2.89. The lowest BCUT2D eigenvalue weighted by molar-refractivity contribution is -0.141. The maximum Gasteiger partial charge on any atom is 0.326 e. The molecule has 30 heavy (non-hydrogen) atoms. The number of phenols is 4. The van der Waals surface area contributed by atoms with Crippen molar-refractivity contribution in [2.75, 3.05) is 6.54 Å². The Hall–Kier alpha value is -3.79. The topological polar surface area (TPSA) is 182 Å². The van der Waals surface area contributed by atoms with Crippen LogP contribution in [0.15, 0.2) is 36.4 Å². The van der Waals surface area contributed by atoms with Crippen LogP contribution in [0.5, 0.6) is 23.0 Å². The standard InChI is InChI=1S/C20H22N2O8/c21-10-2-1-7-13(20(29)30)22(18(27)11-5-3-8-14(23)16(11)25)19(28)12-6-4-9-15(24)17(12)26/h3-6,8-9,13,23-26H,1-2,7,10,21H2,(H,29,30)/t13-/m0/s1. The Kier molecular flexibility index (Phi) is 7.21. The van der Waals surface area contributed by atoms with Crippen molar-refractivity contribution < 1.29 is 39.9 Å². The van der Waals surface area contributed by atoms with Crippen LogP contribution in [-0.2, 0) is 4.79 Å². The van der Waals surface area contributed by atoms with Crippen LogP contribution in [0.2, 0.25) is 0 Å². The number of hydrogen-bond donors (Lipinski definition) is 6. The summed E-state index contributed by atoms with van der Waals surface area (Å²) in [6.45, 7) is 0.273. The summed E-state index contributed by atoms with van der Waals surface area (Å²) in [5.41, 5.74) is 4.41. The van der Waals surface area contributed by atoms with E-state index in [4.69, 9.17) is 5.73 Å². The summed E-state index contributed by atoms with van der Waals surface area (Å²) in [5.74, 6) is -6.81. The van der Waals surface area contributed by atoms with Crippen LogP contribution in [0.1, 0.15) is 40.0 Å². The van der Waals surface area contributed by atoms with Gasteiger partial charge in [-0.25, -0.2) is 4.79 Å². The number of nitrogens with zero attached hydrogens (tertiary/aromatic N) is 1. The van der Waals surface area contributed by atoms with Crippen molar-refractivity contribution in [2.24, 2.45) is 5.73 Å². The van der Waals surface area contributed by atoms with Crippen LogP contribution in [0.4, 0.5) is 0 Å². The third-order valence-electron chi connectivity index (χ3n) is 4.46. The zero-order valence-corrected chi connectivity index (χ0v) is 15.9. The Bertz CT molecular complexity index is 896. The van der Waals surface area contributed by atoms with Crippen molar-refractivity contribution >= 4 is 17.8 Å². The van der Waals surface area contributed by atoms with Gasteiger partial charge in [-0.2, -0.15) is 0 Å². The molecule has 2 aromatic carbocycles. The Morgan fingerprint density at radius 3 is 1.70 bits per heavy atom. The number of carboxylic acid groups (broad SMARTS) is 1. The number of benzene rings is 2. The van der Waals surface area contributed by atoms with Gasteiger partial charge in [0.1, 0.15) is 6.04 Å². The molecule has 2 rings (SSSR count). The predicted molar refractivity (Wildman–Crippen MR) is 104 cm³/mol. The largest absolute Gasteiger partial charge is 0.504 e. The van der Waals surface area contributed by atoms with E-state index >= 15 is 0 Å². The number of aromatic hydroxyl groups is 4. The lowest BCUT2D eigenvalue weighted by atomic mass is 10.0. The number of carboxylic acids is 1. The normalized spacial score (nSPS) is 11.6. The van der Waals surface area contributed by atoms with Crippen LogP contribution >= 0.6 is 0 Å². The molecule has 0 aliphatic carbocycles. The summed E-state index contributed by atoms with van der Waals surface area (Å²) < 4.78 is 0. The van der Waals surface area contributed by atoms with Gasteiger partial charge in [0.25, 0.3) is 11.8 Å². The second-order valence-electron chi connectivity index (χ2n) is 6.47. The molecule has 7 N–H and O–H groups in total. The van der Waals surface area contributed by atoms with E-state index in [2.05, 4.69) is 0 Å². The first kappa shape index (κ1) is 22.5. The number of aliphatic carboxylic acids is 1. The molecule has 0 saturated carbocycles. The Morgan fingerprint density at radius 1 is 0.833 bits per heavy atom. The van der Waals surface area contributed by atoms with E-state index in [9.17, 15) is 39.9 Å². The summed E-state index contributed by atoms with van der Waals surface area (Å²) in [6.07, 6.45) is 0.584. The van der Waals surface area contributed by atoms with Crippen molar-refractivity contribution in [3.63, 3.8) is 0 Å². The van der Waals surface area contributed by atoms with E-state index < -0.39 is 58.0 Å². The lowest BCUT2D eigenvalue weighted by Crippen LogP contribution is -2.48. The quantitative estimate of drug-likeness (QED) is 0.209. The number of carbonyl (C=O) groups is 3. The molecule has 2 amide bonds. The summed E-state index contributed by atoms with van der Waals surface area (Å²) in [7, 11) is 0. The number of nitrogens with two attached hydrogens (primary N) is 1. The van der Waals surface area contributed by atoms with Gasteiger partial charge >= 0.3 is 5.97 Å². The molecule has 0 fully saturated rings. The molecular formula is C20H22N2O8. The summed E-state index contributed by atoms with van der Waals surface area (Å²) in [6, 6.07) is 5.25. The second-order valence-corrected chi connectivity index (χ2v) is 6.47. The first-order valence-corrected chi connectivity index (χ1v) is 9.03. The van der Waals surface area contributed by atoms with Crippen LogP contribution in [-0.4, -0.2) is 60.8 Å². The van der Waals surface area contributed by atoms with E-state index in [0.717, 1.165) is 24.3 Å². The summed E-state index contributed by atoms with van der Waals surface area (Å²) in [5, 5.41) is 49.1. The molecule has 10 heteroatoms.